The molecule has 0 spiro atoms. The molecule has 1 aliphatic rings. The van der Waals surface area contributed by atoms with Crippen molar-refractivity contribution < 1.29 is 19.0 Å². The third-order valence-electron chi connectivity index (χ3n) is 3.84. The molecule has 2 rings (SSSR count). The smallest absolute Gasteiger partial charge is 0.410 e. The van der Waals surface area contributed by atoms with E-state index in [1.54, 1.807) is 17.0 Å². The van der Waals surface area contributed by atoms with Crippen LogP contribution in [0.15, 0.2) is 22.7 Å². The summed E-state index contributed by atoms with van der Waals surface area (Å²) < 4.78 is 20.1. The molecule has 0 saturated carbocycles. The highest BCUT2D eigenvalue weighted by Crippen LogP contribution is 2.25. The van der Waals surface area contributed by atoms with Crippen molar-refractivity contribution in [1.82, 2.24) is 4.90 Å². The second kappa shape index (κ2) is 7.18. The summed E-state index contributed by atoms with van der Waals surface area (Å²) in [5.41, 5.74) is -0.0200. The lowest BCUT2D eigenvalue weighted by molar-refractivity contribution is -0.00835. The number of piperidine rings is 1. The number of aliphatic hydroxyl groups is 1. The number of benzene rings is 1. The molecule has 0 aliphatic carbocycles. The summed E-state index contributed by atoms with van der Waals surface area (Å²) in [6.07, 6.45) is -0.0816. The third-order valence-corrected chi connectivity index (χ3v) is 4.33. The highest BCUT2D eigenvalue weighted by molar-refractivity contribution is 9.10. The van der Waals surface area contributed by atoms with Crippen LogP contribution in [0.3, 0.4) is 0 Å². The molecule has 6 heteroatoms. The van der Waals surface area contributed by atoms with Crippen LogP contribution in [0.1, 0.15) is 32.8 Å². The molecule has 1 aromatic rings. The van der Waals surface area contributed by atoms with Crippen LogP contribution in [0.25, 0.3) is 0 Å². The second-order valence-electron chi connectivity index (χ2n) is 6.98. The minimum Gasteiger partial charge on any atom is -0.444 e. The predicted octanol–water partition coefficient (Wildman–Crippen LogP) is 3.75. The Morgan fingerprint density at radius 3 is 2.83 bits per heavy atom. The van der Waals surface area contributed by atoms with Gasteiger partial charge in [-0.1, -0.05) is 15.9 Å². The van der Waals surface area contributed by atoms with Gasteiger partial charge >= 0.3 is 6.09 Å². The van der Waals surface area contributed by atoms with Crippen molar-refractivity contribution in [3.8, 4) is 0 Å². The summed E-state index contributed by atoms with van der Waals surface area (Å²) in [7, 11) is 0. The standard InChI is InChI=1S/C17H23BrFNO3/c1-17(2,3)23-16(22)20-7-6-15(21)12(10-20)8-11-9-13(18)4-5-14(11)19/h4-5,9,12,15,21H,6-8,10H2,1-3H3. The van der Waals surface area contributed by atoms with E-state index in [9.17, 15) is 14.3 Å². The van der Waals surface area contributed by atoms with Crippen LogP contribution in [0.4, 0.5) is 9.18 Å². The Morgan fingerprint density at radius 1 is 1.48 bits per heavy atom. The van der Waals surface area contributed by atoms with E-state index in [1.165, 1.54) is 6.07 Å². The zero-order chi connectivity index (χ0) is 17.2. The number of ether oxygens (including phenoxy) is 1. The molecule has 23 heavy (non-hydrogen) atoms. The highest BCUT2D eigenvalue weighted by atomic mass is 79.9. The van der Waals surface area contributed by atoms with Crippen LogP contribution in [0, 0.1) is 11.7 Å². The third kappa shape index (κ3) is 5.18. The summed E-state index contributed by atoms with van der Waals surface area (Å²) >= 11 is 3.33. The van der Waals surface area contributed by atoms with E-state index < -0.39 is 11.7 Å². The zero-order valence-corrected chi connectivity index (χ0v) is 15.3. The van der Waals surface area contributed by atoms with E-state index >= 15 is 0 Å². The topological polar surface area (TPSA) is 49.8 Å². The van der Waals surface area contributed by atoms with Crippen LogP contribution in [-0.2, 0) is 11.2 Å². The van der Waals surface area contributed by atoms with E-state index in [4.69, 9.17) is 4.74 Å². The average Bonchev–Trinajstić information content (AvgIpc) is 2.43. The first-order valence-corrected chi connectivity index (χ1v) is 8.55. The lowest BCUT2D eigenvalue weighted by Crippen LogP contribution is -2.48. The number of hydrogen-bond donors (Lipinski definition) is 1. The zero-order valence-electron chi connectivity index (χ0n) is 13.7. The van der Waals surface area contributed by atoms with Crippen molar-refractivity contribution >= 4 is 22.0 Å². The van der Waals surface area contributed by atoms with Gasteiger partial charge in [0.1, 0.15) is 11.4 Å². The number of halogens is 2. The molecule has 0 aromatic heterocycles. The van der Waals surface area contributed by atoms with E-state index in [2.05, 4.69) is 15.9 Å². The van der Waals surface area contributed by atoms with Crippen molar-refractivity contribution in [2.75, 3.05) is 13.1 Å². The van der Waals surface area contributed by atoms with Gasteiger partial charge in [0.15, 0.2) is 0 Å². The van der Waals surface area contributed by atoms with Gasteiger partial charge in [0.25, 0.3) is 0 Å². The van der Waals surface area contributed by atoms with Crippen LogP contribution in [0.2, 0.25) is 0 Å². The second-order valence-corrected chi connectivity index (χ2v) is 7.90. The average molecular weight is 388 g/mol. The quantitative estimate of drug-likeness (QED) is 0.840. The van der Waals surface area contributed by atoms with Gasteiger partial charge in [-0.25, -0.2) is 9.18 Å². The number of rotatable bonds is 2. The molecule has 2 atom stereocenters. The van der Waals surface area contributed by atoms with Gasteiger partial charge in [-0.2, -0.15) is 0 Å². The lowest BCUT2D eigenvalue weighted by Gasteiger charge is -2.37. The molecule has 4 nitrogen and oxygen atoms in total. The number of nitrogens with zero attached hydrogens (tertiary/aromatic N) is 1. The molecule has 2 unspecified atom stereocenters. The van der Waals surface area contributed by atoms with Gasteiger partial charge in [0, 0.05) is 23.5 Å². The monoisotopic (exact) mass is 387 g/mol. The van der Waals surface area contributed by atoms with Crippen molar-refractivity contribution in [3.63, 3.8) is 0 Å². The largest absolute Gasteiger partial charge is 0.444 e. The number of hydrogen-bond acceptors (Lipinski definition) is 3. The predicted molar refractivity (Wildman–Crippen MR) is 89.7 cm³/mol. The fourth-order valence-corrected chi connectivity index (χ4v) is 3.10. The number of carbonyl (C=O) groups excluding carboxylic acids is 1. The SMILES string of the molecule is CC(C)(C)OC(=O)N1CCC(O)C(Cc2cc(Br)ccc2F)C1. The van der Waals surface area contributed by atoms with Gasteiger partial charge in [0.2, 0.25) is 0 Å². The Kier molecular flexibility index (Phi) is 5.68. The minimum absolute atomic E-state index is 0.208. The molecule has 1 saturated heterocycles. The number of amides is 1. The maximum atomic E-state index is 13.9. The first-order valence-electron chi connectivity index (χ1n) is 7.75. The Morgan fingerprint density at radius 2 is 2.17 bits per heavy atom. The highest BCUT2D eigenvalue weighted by Gasteiger charge is 2.33. The molecule has 128 valence electrons. The van der Waals surface area contributed by atoms with Gasteiger partial charge in [-0.3, -0.25) is 0 Å². The maximum Gasteiger partial charge on any atom is 0.410 e. The Hall–Kier alpha value is -1.14. The molecule has 1 heterocycles. The molecule has 1 aliphatic heterocycles. The van der Waals surface area contributed by atoms with Crippen LogP contribution in [-0.4, -0.2) is 40.9 Å². The Balaban J connectivity index is 2.06. The molecule has 1 amide bonds. The fraction of sp³-hybridized carbons (Fsp3) is 0.588. The van der Waals surface area contributed by atoms with Gasteiger partial charge < -0.3 is 14.7 Å². The lowest BCUT2D eigenvalue weighted by atomic mass is 9.88. The first-order chi connectivity index (χ1) is 10.7. The van der Waals surface area contributed by atoms with Gasteiger partial charge in [-0.05, 0) is 57.4 Å². The molecular formula is C17H23BrFNO3. The summed E-state index contributed by atoms with van der Waals surface area (Å²) in [6.45, 7) is 6.27. The molecule has 1 aromatic carbocycles. The number of carbonyl (C=O) groups is 1. The van der Waals surface area contributed by atoms with Gasteiger partial charge in [-0.15, -0.1) is 0 Å². The molecule has 0 bridgehead atoms. The first kappa shape index (κ1) is 18.2. The van der Waals surface area contributed by atoms with E-state index in [-0.39, 0.29) is 17.8 Å². The van der Waals surface area contributed by atoms with E-state index in [0.29, 0.717) is 31.5 Å². The Labute approximate surface area is 144 Å². The number of likely N-dealkylation sites (tertiary alicyclic amines) is 1. The summed E-state index contributed by atoms with van der Waals surface area (Å²) in [5.74, 6) is -0.505. The summed E-state index contributed by atoms with van der Waals surface area (Å²) in [6, 6.07) is 4.76. The van der Waals surface area contributed by atoms with E-state index in [0.717, 1.165) is 4.47 Å². The molecular weight excluding hydrogens is 365 g/mol. The maximum absolute atomic E-state index is 13.9. The van der Waals surface area contributed by atoms with Crippen LogP contribution >= 0.6 is 15.9 Å². The number of aliphatic hydroxyl groups excluding tert-OH is 1. The van der Waals surface area contributed by atoms with Crippen LogP contribution < -0.4 is 0 Å². The fourth-order valence-electron chi connectivity index (χ4n) is 2.69. The van der Waals surface area contributed by atoms with Crippen LogP contribution in [0.5, 0.6) is 0 Å². The van der Waals surface area contributed by atoms with Crippen molar-refractivity contribution in [2.45, 2.75) is 45.3 Å². The van der Waals surface area contributed by atoms with E-state index in [1.807, 2.05) is 20.8 Å². The normalized spacial score (nSPS) is 22.1. The summed E-state index contributed by atoms with van der Waals surface area (Å²) in [5, 5.41) is 10.2. The molecule has 1 N–H and O–H groups in total. The van der Waals surface area contributed by atoms with Gasteiger partial charge in [0.05, 0.1) is 6.10 Å². The van der Waals surface area contributed by atoms with Crippen molar-refractivity contribution in [3.05, 3.63) is 34.1 Å². The Bertz CT molecular complexity index is 573. The summed E-state index contributed by atoms with van der Waals surface area (Å²) in [4.78, 5) is 13.8. The molecule has 0 radical (unpaired) electrons. The van der Waals surface area contributed by atoms with Crippen molar-refractivity contribution in [2.24, 2.45) is 5.92 Å². The van der Waals surface area contributed by atoms with Crippen molar-refractivity contribution in [1.29, 1.82) is 0 Å². The minimum atomic E-state index is -0.557. The molecule has 1 fully saturated rings.